The van der Waals surface area contributed by atoms with Gasteiger partial charge in [0.05, 0.1) is 11.3 Å². The molecule has 1 aromatic rings. The molecule has 0 amide bonds. The second-order valence-corrected chi connectivity index (χ2v) is 11.5. The Morgan fingerprint density at radius 3 is 2.09 bits per heavy atom. The zero-order valence-corrected chi connectivity index (χ0v) is 20.1. The van der Waals surface area contributed by atoms with Crippen LogP contribution in [-0.4, -0.2) is 66.8 Å². The molecule has 0 bridgehead atoms. The fourth-order valence-corrected chi connectivity index (χ4v) is 6.60. The van der Waals surface area contributed by atoms with Crippen LogP contribution in [0.25, 0.3) is 0 Å². The fraction of sp³-hybridized carbons (Fsp3) is 0.682. The Bertz CT molecular complexity index is 949. The van der Waals surface area contributed by atoms with Gasteiger partial charge in [-0.25, -0.2) is 26.0 Å². The van der Waals surface area contributed by atoms with E-state index in [1.807, 2.05) is 4.90 Å². The standard InChI is InChI=1S/C22H29ClF4N2O3S/c1-2-13-33(31,32)29-11-9-28(10-12-29)21(5-7-22(26,27)8-6-21)4-3-19(30)20-17(24)14-16(23)15-18(20)25/h14-15H,2-13H2,1H3. The number of alkyl halides is 2. The van der Waals surface area contributed by atoms with Gasteiger partial charge in [-0.2, -0.15) is 4.31 Å². The van der Waals surface area contributed by atoms with E-state index in [1.54, 1.807) is 6.92 Å². The molecule has 3 rings (SSSR count). The van der Waals surface area contributed by atoms with Crippen molar-refractivity contribution in [1.82, 2.24) is 9.21 Å². The first-order chi connectivity index (χ1) is 15.4. The van der Waals surface area contributed by atoms with Gasteiger partial charge in [0.1, 0.15) is 11.6 Å². The molecule has 2 fully saturated rings. The largest absolute Gasteiger partial charge is 0.295 e. The summed E-state index contributed by atoms with van der Waals surface area (Å²) < 4.78 is 82.4. The topological polar surface area (TPSA) is 57.7 Å². The molecule has 0 unspecified atom stereocenters. The van der Waals surface area contributed by atoms with E-state index in [4.69, 9.17) is 11.6 Å². The monoisotopic (exact) mass is 512 g/mol. The molecule has 0 spiro atoms. The van der Waals surface area contributed by atoms with Crippen LogP contribution in [0.2, 0.25) is 5.02 Å². The summed E-state index contributed by atoms with van der Waals surface area (Å²) in [6, 6.07) is 1.73. The molecule has 1 aromatic carbocycles. The van der Waals surface area contributed by atoms with Crippen LogP contribution in [0.15, 0.2) is 12.1 Å². The van der Waals surface area contributed by atoms with E-state index in [2.05, 4.69) is 0 Å². The third-order valence-corrected chi connectivity index (χ3v) is 9.07. The lowest BCUT2D eigenvalue weighted by Crippen LogP contribution is -2.60. The number of hydrogen-bond donors (Lipinski definition) is 0. The number of halogens is 5. The predicted octanol–water partition coefficient (Wildman–Crippen LogP) is 4.89. The van der Waals surface area contributed by atoms with Crippen molar-refractivity contribution in [3.8, 4) is 0 Å². The van der Waals surface area contributed by atoms with Gasteiger partial charge in [-0.3, -0.25) is 9.69 Å². The molecule has 5 nitrogen and oxygen atoms in total. The van der Waals surface area contributed by atoms with Crippen molar-refractivity contribution in [3.63, 3.8) is 0 Å². The number of rotatable bonds is 8. The van der Waals surface area contributed by atoms with Crippen molar-refractivity contribution >= 4 is 27.4 Å². The first-order valence-corrected chi connectivity index (χ1v) is 13.2. The van der Waals surface area contributed by atoms with Gasteiger partial charge in [0, 0.05) is 56.0 Å². The molecule has 0 radical (unpaired) electrons. The number of Topliss-reactive ketones (excluding diaryl/α,β-unsaturated/α-hetero) is 1. The normalized spacial score (nSPS) is 21.8. The van der Waals surface area contributed by atoms with Gasteiger partial charge in [0.15, 0.2) is 5.78 Å². The summed E-state index contributed by atoms with van der Waals surface area (Å²) in [5.41, 5.74) is -1.43. The fourth-order valence-electron chi connectivity index (χ4n) is 4.91. The van der Waals surface area contributed by atoms with E-state index in [1.165, 1.54) is 4.31 Å². The molecule has 0 N–H and O–H groups in total. The molecular formula is C22H29ClF4N2O3S. The summed E-state index contributed by atoms with van der Waals surface area (Å²) in [4.78, 5) is 14.7. The Balaban J connectivity index is 1.75. The molecule has 1 aliphatic carbocycles. The molecule has 1 saturated carbocycles. The van der Waals surface area contributed by atoms with E-state index >= 15 is 0 Å². The molecule has 0 atom stereocenters. The van der Waals surface area contributed by atoms with Crippen LogP contribution < -0.4 is 0 Å². The zero-order valence-electron chi connectivity index (χ0n) is 18.6. The molecule has 33 heavy (non-hydrogen) atoms. The molecule has 1 aliphatic heterocycles. The summed E-state index contributed by atoms with van der Waals surface area (Å²) in [7, 11) is -3.36. The number of carbonyl (C=O) groups excluding carboxylic acids is 1. The van der Waals surface area contributed by atoms with Crippen LogP contribution in [0.1, 0.15) is 62.2 Å². The number of ketones is 1. The maximum Gasteiger partial charge on any atom is 0.248 e. The SMILES string of the molecule is CCCS(=O)(=O)N1CCN(C2(CCC(=O)c3c(F)cc(Cl)cc3F)CCC(F)(F)CC2)CC1. The third-order valence-electron chi connectivity index (χ3n) is 6.78. The molecule has 0 aromatic heterocycles. The van der Waals surface area contributed by atoms with Crippen LogP contribution in [-0.2, 0) is 10.0 Å². The molecule has 186 valence electrons. The predicted molar refractivity (Wildman–Crippen MR) is 118 cm³/mol. The zero-order chi connectivity index (χ0) is 24.4. The lowest BCUT2D eigenvalue weighted by Gasteiger charge is -2.51. The van der Waals surface area contributed by atoms with Gasteiger partial charge in [0.25, 0.3) is 0 Å². The second kappa shape index (κ2) is 10.2. The highest BCUT2D eigenvalue weighted by Gasteiger charge is 2.47. The van der Waals surface area contributed by atoms with Crippen molar-refractivity contribution in [1.29, 1.82) is 0 Å². The Morgan fingerprint density at radius 1 is 1.03 bits per heavy atom. The second-order valence-electron chi connectivity index (χ2n) is 8.95. The van der Waals surface area contributed by atoms with E-state index in [9.17, 15) is 30.8 Å². The minimum Gasteiger partial charge on any atom is -0.295 e. The maximum absolute atomic E-state index is 14.2. The number of sulfonamides is 1. The first kappa shape index (κ1) is 26.4. The van der Waals surface area contributed by atoms with Crippen molar-refractivity contribution in [2.75, 3.05) is 31.9 Å². The van der Waals surface area contributed by atoms with Gasteiger partial charge in [-0.05, 0) is 37.8 Å². The van der Waals surface area contributed by atoms with Crippen LogP contribution in [0.3, 0.4) is 0 Å². The lowest BCUT2D eigenvalue weighted by molar-refractivity contribution is -0.0891. The maximum atomic E-state index is 14.2. The number of piperazine rings is 1. The number of carbonyl (C=O) groups is 1. The van der Waals surface area contributed by atoms with E-state index in [-0.39, 0.29) is 62.4 Å². The highest BCUT2D eigenvalue weighted by Crippen LogP contribution is 2.44. The Kier molecular flexibility index (Phi) is 8.13. The van der Waals surface area contributed by atoms with Gasteiger partial charge in [-0.1, -0.05) is 18.5 Å². The lowest BCUT2D eigenvalue weighted by atomic mass is 9.74. The van der Waals surface area contributed by atoms with Crippen molar-refractivity contribution in [2.24, 2.45) is 0 Å². The van der Waals surface area contributed by atoms with Gasteiger partial charge >= 0.3 is 0 Å². The quantitative estimate of drug-likeness (QED) is 0.368. The van der Waals surface area contributed by atoms with Crippen molar-refractivity contribution < 1.29 is 30.8 Å². The summed E-state index contributed by atoms with van der Waals surface area (Å²) >= 11 is 5.62. The Hall–Kier alpha value is -1.23. The average Bonchev–Trinajstić information content (AvgIpc) is 2.73. The Morgan fingerprint density at radius 2 is 1.58 bits per heavy atom. The third kappa shape index (κ3) is 6.07. The van der Waals surface area contributed by atoms with E-state index in [0.29, 0.717) is 19.5 Å². The molecular weight excluding hydrogens is 484 g/mol. The molecule has 11 heteroatoms. The highest BCUT2D eigenvalue weighted by molar-refractivity contribution is 7.89. The van der Waals surface area contributed by atoms with Crippen LogP contribution >= 0.6 is 11.6 Å². The molecule has 2 aliphatic rings. The van der Waals surface area contributed by atoms with Crippen molar-refractivity contribution in [2.45, 2.75) is 63.3 Å². The van der Waals surface area contributed by atoms with Crippen LogP contribution in [0, 0.1) is 11.6 Å². The number of benzene rings is 1. The average molecular weight is 513 g/mol. The number of hydrogen-bond acceptors (Lipinski definition) is 4. The van der Waals surface area contributed by atoms with Gasteiger partial charge in [0.2, 0.25) is 15.9 Å². The minimum absolute atomic E-state index is 0.0527. The van der Waals surface area contributed by atoms with E-state index < -0.39 is 44.5 Å². The summed E-state index contributed by atoms with van der Waals surface area (Å²) in [6.45, 7) is 2.98. The van der Waals surface area contributed by atoms with Crippen LogP contribution in [0.5, 0.6) is 0 Å². The smallest absolute Gasteiger partial charge is 0.248 e. The highest BCUT2D eigenvalue weighted by atomic mass is 35.5. The number of nitrogens with zero attached hydrogens (tertiary/aromatic N) is 2. The Labute approximate surface area is 197 Å². The van der Waals surface area contributed by atoms with Crippen LogP contribution in [0.4, 0.5) is 17.6 Å². The summed E-state index contributed by atoms with van der Waals surface area (Å²) in [5.74, 6) is -5.60. The van der Waals surface area contributed by atoms with E-state index in [0.717, 1.165) is 12.1 Å². The van der Waals surface area contributed by atoms with Crippen molar-refractivity contribution in [3.05, 3.63) is 34.4 Å². The molecule has 1 saturated heterocycles. The van der Waals surface area contributed by atoms with Gasteiger partial charge in [-0.15, -0.1) is 0 Å². The summed E-state index contributed by atoms with van der Waals surface area (Å²) in [6.07, 6.45) is 0.00156. The first-order valence-electron chi connectivity index (χ1n) is 11.2. The summed E-state index contributed by atoms with van der Waals surface area (Å²) in [5, 5.41) is -0.163. The van der Waals surface area contributed by atoms with Gasteiger partial charge < -0.3 is 0 Å². The molecule has 1 heterocycles. The minimum atomic E-state index is -3.36.